The fourth-order valence-corrected chi connectivity index (χ4v) is 1.38. The van der Waals surface area contributed by atoms with Gasteiger partial charge in [0.15, 0.2) is 0 Å². The largest absolute Gasteiger partial charge is 0.298 e. The first kappa shape index (κ1) is 11.7. The maximum absolute atomic E-state index is 10.5. The minimum atomic E-state index is 0.182. The highest BCUT2D eigenvalue weighted by Gasteiger charge is 2.12. The Morgan fingerprint density at radius 1 is 1.13 bits per heavy atom. The zero-order valence-corrected chi connectivity index (χ0v) is 9.87. The lowest BCUT2D eigenvalue weighted by Crippen LogP contribution is -2.10. The highest BCUT2D eigenvalue weighted by Crippen LogP contribution is 2.22. The summed E-state index contributed by atoms with van der Waals surface area (Å²) in [6.45, 7) is 8.38. The second kappa shape index (κ2) is 4.43. The van der Waals surface area contributed by atoms with Crippen LogP contribution >= 0.6 is 0 Å². The predicted octanol–water partition coefficient (Wildman–Crippen LogP) is 3.59. The number of benzene rings is 1. The molecule has 0 N–H and O–H groups in total. The van der Waals surface area contributed by atoms with E-state index < -0.39 is 0 Å². The van der Waals surface area contributed by atoms with Crippen LogP contribution in [0.2, 0.25) is 0 Å². The zero-order valence-electron chi connectivity index (χ0n) is 9.87. The van der Waals surface area contributed by atoms with Crippen LogP contribution < -0.4 is 0 Å². The maximum Gasteiger partial charge on any atom is 0.145 e. The molecule has 80 valence electrons. The highest BCUT2D eigenvalue weighted by atomic mass is 16.1. The van der Waals surface area contributed by atoms with Crippen LogP contribution in [-0.2, 0) is 10.2 Å². The number of rotatable bonds is 2. The Labute approximate surface area is 91.8 Å². The topological polar surface area (TPSA) is 17.1 Å². The van der Waals surface area contributed by atoms with E-state index in [1.165, 1.54) is 5.56 Å². The third-order valence-electron chi connectivity index (χ3n) is 2.36. The minimum Gasteiger partial charge on any atom is -0.298 e. The van der Waals surface area contributed by atoms with Crippen LogP contribution in [-0.4, -0.2) is 6.29 Å². The molecule has 0 spiro atoms. The molecule has 1 aromatic rings. The lowest BCUT2D eigenvalue weighted by atomic mass is 9.86. The van der Waals surface area contributed by atoms with Gasteiger partial charge in [0.25, 0.3) is 0 Å². The van der Waals surface area contributed by atoms with Crippen molar-refractivity contribution in [1.82, 2.24) is 0 Å². The molecular formula is C14H18O. The maximum atomic E-state index is 10.5. The van der Waals surface area contributed by atoms with Gasteiger partial charge in [0.1, 0.15) is 6.29 Å². The van der Waals surface area contributed by atoms with Crippen molar-refractivity contribution in [3.05, 3.63) is 41.0 Å². The predicted molar refractivity (Wildman–Crippen MR) is 64.9 cm³/mol. The van der Waals surface area contributed by atoms with Crippen molar-refractivity contribution < 1.29 is 4.79 Å². The van der Waals surface area contributed by atoms with Gasteiger partial charge in [0.2, 0.25) is 0 Å². The zero-order chi connectivity index (χ0) is 11.5. The van der Waals surface area contributed by atoms with Crippen LogP contribution in [0.3, 0.4) is 0 Å². The average molecular weight is 202 g/mol. The van der Waals surface area contributed by atoms with Crippen LogP contribution in [0, 0.1) is 0 Å². The Morgan fingerprint density at radius 3 is 2.07 bits per heavy atom. The molecule has 0 unspecified atom stereocenters. The van der Waals surface area contributed by atoms with Crippen molar-refractivity contribution in [2.75, 3.05) is 0 Å². The lowest BCUT2D eigenvalue weighted by Gasteiger charge is -2.18. The molecule has 0 saturated carbocycles. The first-order chi connectivity index (χ1) is 6.93. The van der Waals surface area contributed by atoms with Gasteiger partial charge in [-0.3, -0.25) is 4.79 Å². The van der Waals surface area contributed by atoms with Gasteiger partial charge in [-0.2, -0.15) is 0 Å². The summed E-state index contributed by atoms with van der Waals surface area (Å²) >= 11 is 0. The van der Waals surface area contributed by atoms with E-state index in [0.29, 0.717) is 0 Å². The fourth-order valence-electron chi connectivity index (χ4n) is 1.38. The smallest absolute Gasteiger partial charge is 0.145 e. The average Bonchev–Trinajstić information content (AvgIpc) is 2.17. The number of hydrogen-bond acceptors (Lipinski definition) is 1. The van der Waals surface area contributed by atoms with Gasteiger partial charge in [0.05, 0.1) is 0 Å². The van der Waals surface area contributed by atoms with Gasteiger partial charge in [-0.1, -0.05) is 45.0 Å². The van der Waals surface area contributed by atoms with Gasteiger partial charge in [0, 0.05) is 0 Å². The van der Waals surface area contributed by atoms with Gasteiger partial charge in [-0.05, 0) is 35.1 Å². The van der Waals surface area contributed by atoms with Crippen molar-refractivity contribution in [3.63, 3.8) is 0 Å². The molecule has 1 heteroatoms. The van der Waals surface area contributed by atoms with Crippen LogP contribution in [0.15, 0.2) is 29.8 Å². The molecule has 0 bridgehead atoms. The van der Waals surface area contributed by atoms with Crippen molar-refractivity contribution in [1.29, 1.82) is 0 Å². The van der Waals surface area contributed by atoms with E-state index in [0.717, 1.165) is 17.4 Å². The van der Waals surface area contributed by atoms with E-state index >= 15 is 0 Å². The summed E-state index contributed by atoms with van der Waals surface area (Å²) in [4.78, 5) is 10.5. The Bertz CT molecular complexity index is 363. The van der Waals surface area contributed by atoms with E-state index in [1.54, 1.807) is 0 Å². The summed E-state index contributed by atoms with van der Waals surface area (Å²) in [7, 11) is 0. The van der Waals surface area contributed by atoms with E-state index in [2.05, 4.69) is 32.9 Å². The van der Waals surface area contributed by atoms with Crippen molar-refractivity contribution >= 4 is 12.4 Å². The Kier molecular flexibility index (Phi) is 3.46. The molecule has 0 fully saturated rings. The van der Waals surface area contributed by atoms with E-state index in [1.807, 2.05) is 25.1 Å². The summed E-state index contributed by atoms with van der Waals surface area (Å²) in [5.41, 5.74) is 3.32. The van der Waals surface area contributed by atoms with Gasteiger partial charge in [-0.15, -0.1) is 0 Å². The fraction of sp³-hybridized carbons (Fsp3) is 0.357. The normalized spacial score (nSPS) is 12.7. The Balaban J connectivity index is 2.96. The number of allylic oxidation sites excluding steroid dienone is 1. The van der Waals surface area contributed by atoms with Gasteiger partial charge in [-0.25, -0.2) is 0 Å². The molecule has 1 aromatic carbocycles. The van der Waals surface area contributed by atoms with Gasteiger partial charge >= 0.3 is 0 Å². The van der Waals surface area contributed by atoms with Crippen LogP contribution in [0.25, 0.3) is 6.08 Å². The summed E-state index contributed by atoms with van der Waals surface area (Å²) in [5, 5.41) is 0. The van der Waals surface area contributed by atoms with Crippen LogP contribution in [0.5, 0.6) is 0 Å². The number of carbonyl (C=O) groups is 1. The summed E-state index contributed by atoms with van der Waals surface area (Å²) in [5.74, 6) is 0. The SMILES string of the molecule is C/C(C=O)=C/c1ccc(C(C)(C)C)cc1. The standard InChI is InChI=1S/C14H18O/c1-11(10-15)9-12-5-7-13(8-6-12)14(2,3)4/h5-10H,1-4H3/b11-9-. The number of aldehydes is 1. The molecule has 0 aliphatic carbocycles. The van der Waals surface area contributed by atoms with Crippen LogP contribution in [0.4, 0.5) is 0 Å². The molecule has 0 atom stereocenters. The summed E-state index contributed by atoms with van der Waals surface area (Å²) in [6.07, 6.45) is 2.76. The van der Waals surface area contributed by atoms with E-state index in [9.17, 15) is 4.79 Å². The summed E-state index contributed by atoms with van der Waals surface area (Å²) < 4.78 is 0. The van der Waals surface area contributed by atoms with Crippen molar-refractivity contribution in [2.24, 2.45) is 0 Å². The molecule has 15 heavy (non-hydrogen) atoms. The molecule has 0 aromatic heterocycles. The first-order valence-electron chi connectivity index (χ1n) is 5.17. The molecule has 0 radical (unpaired) electrons. The minimum absolute atomic E-state index is 0.182. The summed E-state index contributed by atoms with van der Waals surface area (Å²) in [6, 6.07) is 8.33. The third kappa shape index (κ3) is 3.35. The second-order valence-corrected chi connectivity index (χ2v) is 4.88. The van der Waals surface area contributed by atoms with E-state index in [4.69, 9.17) is 0 Å². The lowest BCUT2D eigenvalue weighted by molar-refractivity contribution is -0.104. The molecule has 1 nitrogen and oxygen atoms in total. The van der Waals surface area contributed by atoms with Crippen molar-refractivity contribution in [3.8, 4) is 0 Å². The first-order valence-corrected chi connectivity index (χ1v) is 5.17. The van der Waals surface area contributed by atoms with Crippen molar-refractivity contribution in [2.45, 2.75) is 33.1 Å². The second-order valence-electron chi connectivity index (χ2n) is 4.88. The Hall–Kier alpha value is -1.37. The van der Waals surface area contributed by atoms with E-state index in [-0.39, 0.29) is 5.41 Å². The number of hydrogen-bond donors (Lipinski definition) is 0. The highest BCUT2D eigenvalue weighted by molar-refractivity contribution is 5.80. The molecule has 0 aliphatic rings. The monoisotopic (exact) mass is 202 g/mol. The van der Waals surface area contributed by atoms with Gasteiger partial charge < -0.3 is 0 Å². The number of carbonyl (C=O) groups excluding carboxylic acids is 1. The third-order valence-corrected chi connectivity index (χ3v) is 2.36. The van der Waals surface area contributed by atoms with Crippen LogP contribution in [0.1, 0.15) is 38.8 Å². The molecule has 0 amide bonds. The Morgan fingerprint density at radius 2 is 1.67 bits per heavy atom. The molecule has 0 heterocycles. The quantitative estimate of drug-likeness (QED) is 0.529. The molecule has 0 saturated heterocycles. The molecule has 0 aliphatic heterocycles. The molecule has 1 rings (SSSR count). The molecular weight excluding hydrogens is 184 g/mol.